The van der Waals surface area contributed by atoms with E-state index in [0.29, 0.717) is 31.1 Å². The Kier molecular flexibility index (Phi) is 9.62. The summed E-state index contributed by atoms with van der Waals surface area (Å²) in [6.07, 6.45) is 2.53. The third-order valence-electron chi connectivity index (χ3n) is 6.36. The summed E-state index contributed by atoms with van der Waals surface area (Å²) < 4.78 is 30.9. The van der Waals surface area contributed by atoms with Crippen LogP contribution in [-0.4, -0.2) is 46.2 Å². The first-order valence-corrected chi connectivity index (χ1v) is 12.8. The molecule has 0 saturated carbocycles. The zero-order chi connectivity index (χ0) is 27.2. The minimum absolute atomic E-state index is 0.168. The lowest BCUT2D eigenvalue weighted by Gasteiger charge is -2.41. The van der Waals surface area contributed by atoms with E-state index < -0.39 is 29.7 Å². The van der Waals surface area contributed by atoms with Gasteiger partial charge in [-0.25, -0.2) is 8.78 Å². The Labute approximate surface area is 219 Å². The molecule has 200 valence electrons. The Bertz CT molecular complexity index is 1170. The van der Waals surface area contributed by atoms with Crippen molar-refractivity contribution in [2.75, 3.05) is 19.7 Å². The maximum absolute atomic E-state index is 14.8. The molecule has 0 spiro atoms. The summed E-state index contributed by atoms with van der Waals surface area (Å²) in [5.41, 5.74) is 2.13. The van der Waals surface area contributed by atoms with Gasteiger partial charge in [-0.15, -0.1) is 0 Å². The van der Waals surface area contributed by atoms with Crippen LogP contribution < -0.4 is 5.32 Å². The van der Waals surface area contributed by atoms with E-state index in [-0.39, 0.29) is 11.5 Å². The highest BCUT2D eigenvalue weighted by atomic mass is 19.1. The van der Waals surface area contributed by atoms with E-state index in [4.69, 9.17) is 0 Å². The van der Waals surface area contributed by atoms with Gasteiger partial charge in [0.1, 0.15) is 18.2 Å². The van der Waals surface area contributed by atoms with Crippen LogP contribution in [0.1, 0.15) is 58.3 Å². The maximum Gasteiger partial charge on any atom is 0.248 e. The highest BCUT2D eigenvalue weighted by Crippen LogP contribution is 2.41. The number of hydrogen-bond acceptors (Lipinski definition) is 3. The molecule has 0 radical (unpaired) electrons. The molecular formula is C30H39F2N3O2. The monoisotopic (exact) mass is 511 g/mol. The van der Waals surface area contributed by atoms with Crippen molar-refractivity contribution in [3.63, 3.8) is 0 Å². The van der Waals surface area contributed by atoms with Crippen LogP contribution in [0.25, 0.3) is 11.1 Å². The van der Waals surface area contributed by atoms with Crippen molar-refractivity contribution in [2.24, 2.45) is 5.41 Å². The Morgan fingerprint density at radius 2 is 1.78 bits per heavy atom. The van der Waals surface area contributed by atoms with Crippen LogP contribution in [-0.2, 0) is 11.3 Å². The summed E-state index contributed by atoms with van der Waals surface area (Å²) in [6.45, 7) is 11.3. The molecule has 7 heteroatoms. The normalized spacial score (nSPS) is 12.7. The first kappa shape index (κ1) is 28.5. The maximum atomic E-state index is 14.8. The predicted octanol–water partition coefficient (Wildman–Crippen LogP) is 5.78. The molecule has 0 aliphatic heterocycles. The quantitative estimate of drug-likeness (QED) is 0.321. The first-order chi connectivity index (χ1) is 17.5. The summed E-state index contributed by atoms with van der Waals surface area (Å²) >= 11 is 0. The fraction of sp³-hybridized carbons (Fsp3) is 0.433. The van der Waals surface area contributed by atoms with Crippen LogP contribution in [0.4, 0.5) is 8.78 Å². The SMILES string of the molecule is CC(C)NCCCN(C(=O)CO)C(c1cc(-c2cc(F)ccc2F)cn1Cc1ccccc1)C(C)(C)C. The molecule has 0 aliphatic carbocycles. The lowest BCUT2D eigenvalue weighted by Crippen LogP contribution is -2.44. The summed E-state index contributed by atoms with van der Waals surface area (Å²) in [6, 6.07) is 15.0. The second-order valence-electron chi connectivity index (χ2n) is 10.9. The number of halogens is 2. The molecule has 3 aromatic rings. The molecule has 0 bridgehead atoms. The van der Waals surface area contributed by atoms with Gasteiger partial charge in [0.2, 0.25) is 5.91 Å². The number of aliphatic hydroxyl groups excluding tert-OH is 1. The van der Waals surface area contributed by atoms with Crippen LogP contribution >= 0.6 is 0 Å². The third-order valence-corrected chi connectivity index (χ3v) is 6.36. The summed E-state index contributed by atoms with van der Waals surface area (Å²) in [7, 11) is 0. The minimum atomic E-state index is -0.602. The Balaban J connectivity index is 2.13. The molecule has 1 unspecified atom stereocenters. The molecule has 1 atom stereocenters. The number of amides is 1. The molecule has 2 aromatic carbocycles. The van der Waals surface area contributed by atoms with Crippen LogP contribution in [0.2, 0.25) is 0 Å². The molecule has 1 aromatic heterocycles. The lowest BCUT2D eigenvalue weighted by molar-refractivity contribution is -0.139. The summed E-state index contributed by atoms with van der Waals surface area (Å²) in [5.74, 6) is -1.40. The van der Waals surface area contributed by atoms with Crippen LogP contribution in [0.15, 0.2) is 60.8 Å². The van der Waals surface area contributed by atoms with Gasteiger partial charge < -0.3 is 19.9 Å². The largest absolute Gasteiger partial charge is 0.387 e. The highest BCUT2D eigenvalue weighted by molar-refractivity contribution is 5.78. The van der Waals surface area contributed by atoms with Crippen molar-refractivity contribution in [3.05, 3.63) is 83.7 Å². The van der Waals surface area contributed by atoms with Gasteiger partial charge in [0, 0.05) is 42.1 Å². The molecule has 0 aliphatic rings. The van der Waals surface area contributed by atoms with Crippen molar-refractivity contribution >= 4 is 5.91 Å². The van der Waals surface area contributed by atoms with Gasteiger partial charge in [-0.3, -0.25) is 4.79 Å². The van der Waals surface area contributed by atoms with E-state index in [1.807, 2.05) is 67.9 Å². The number of aliphatic hydroxyl groups is 1. The first-order valence-electron chi connectivity index (χ1n) is 12.8. The topological polar surface area (TPSA) is 57.5 Å². The number of carbonyl (C=O) groups excluding carboxylic acids is 1. The van der Waals surface area contributed by atoms with Crippen molar-refractivity contribution in [1.29, 1.82) is 0 Å². The molecule has 37 heavy (non-hydrogen) atoms. The van der Waals surface area contributed by atoms with Gasteiger partial charge in [-0.05, 0) is 48.2 Å². The second-order valence-corrected chi connectivity index (χ2v) is 10.9. The average molecular weight is 512 g/mol. The molecule has 5 nitrogen and oxygen atoms in total. The van der Waals surface area contributed by atoms with Crippen LogP contribution in [0.3, 0.4) is 0 Å². The molecule has 2 N–H and O–H groups in total. The van der Waals surface area contributed by atoms with E-state index in [1.54, 1.807) is 4.90 Å². The fourth-order valence-corrected chi connectivity index (χ4v) is 4.74. The Hall–Kier alpha value is -3.03. The number of benzene rings is 2. The second kappa shape index (κ2) is 12.5. The van der Waals surface area contributed by atoms with E-state index in [0.717, 1.165) is 29.9 Å². The van der Waals surface area contributed by atoms with Gasteiger partial charge >= 0.3 is 0 Å². The predicted molar refractivity (Wildman–Crippen MR) is 144 cm³/mol. The van der Waals surface area contributed by atoms with Crippen molar-refractivity contribution in [3.8, 4) is 11.1 Å². The fourth-order valence-electron chi connectivity index (χ4n) is 4.74. The zero-order valence-corrected chi connectivity index (χ0v) is 22.5. The van der Waals surface area contributed by atoms with E-state index >= 15 is 0 Å². The molecule has 1 heterocycles. The number of hydrogen-bond donors (Lipinski definition) is 2. The van der Waals surface area contributed by atoms with Gasteiger partial charge in [0.25, 0.3) is 0 Å². The van der Waals surface area contributed by atoms with E-state index in [1.165, 1.54) is 6.07 Å². The molecule has 3 rings (SSSR count). The summed E-state index contributed by atoms with van der Waals surface area (Å²) in [5, 5.41) is 13.2. The summed E-state index contributed by atoms with van der Waals surface area (Å²) in [4.78, 5) is 14.8. The minimum Gasteiger partial charge on any atom is -0.387 e. The average Bonchev–Trinajstić information content (AvgIpc) is 3.24. The number of aromatic nitrogens is 1. The zero-order valence-electron chi connectivity index (χ0n) is 22.5. The van der Waals surface area contributed by atoms with Crippen LogP contribution in [0, 0.1) is 17.0 Å². The smallest absolute Gasteiger partial charge is 0.248 e. The van der Waals surface area contributed by atoms with E-state index in [2.05, 4.69) is 19.2 Å². The Morgan fingerprint density at radius 3 is 2.41 bits per heavy atom. The standard InChI is InChI=1S/C30H39F2N3O2/c1-21(2)33-14-9-15-35(28(37)20-36)29(30(3,4)5)27-16-23(25-17-24(31)12-13-26(25)32)19-34(27)18-22-10-7-6-8-11-22/h6-8,10-13,16-17,19,21,29,33,36H,9,14-15,18,20H2,1-5H3. The number of rotatable bonds is 11. The Morgan fingerprint density at radius 1 is 1.08 bits per heavy atom. The van der Waals surface area contributed by atoms with Crippen molar-refractivity contribution in [2.45, 2.75) is 59.7 Å². The van der Waals surface area contributed by atoms with Crippen molar-refractivity contribution < 1.29 is 18.7 Å². The lowest BCUT2D eigenvalue weighted by atomic mass is 9.83. The van der Waals surface area contributed by atoms with Gasteiger partial charge in [-0.1, -0.05) is 65.0 Å². The molecule has 1 amide bonds. The highest BCUT2D eigenvalue weighted by Gasteiger charge is 2.36. The molecule has 0 saturated heterocycles. The number of nitrogens with one attached hydrogen (secondary N) is 1. The van der Waals surface area contributed by atoms with Crippen LogP contribution in [0.5, 0.6) is 0 Å². The number of carbonyl (C=O) groups is 1. The molecule has 0 fully saturated rings. The third kappa shape index (κ3) is 7.49. The van der Waals surface area contributed by atoms with Gasteiger partial charge in [-0.2, -0.15) is 0 Å². The van der Waals surface area contributed by atoms with Crippen molar-refractivity contribution in [1.82, 2.24) is 14.8 Å². The van der Waals surface area contributed by atoms with Gasteiger partial charge in [0.15, 0.2) is 0 Å². The number of nitrogens with zero attached hydrogens (tertiary/aromatic N) is 2. The van der Waals surface area contributed by atoms with Gasteiger partial charge in [0.05, 0.1) is 6.04 Å². The van der Waals surface area contributed by atoms with E-state index in [9.17, 15) is 18.7 Å². The molecular weight excluding hydrogens is 472 g/mol.